The molecule has 1 aliphatic heterocycles. The molecule has 3 heterocycles. The third kappa shape index (κ3) is 2.78. The van der Waals surface area contributed by atoms with Crippen molar-refractivity contribution in [2.45, 2.75) is 30.7 Å². The highest BCUT2D eigenvalue weighted by Crippen LogP contribution is 2.36. The second kappa shape index (κ2) is 6.19. The van der Waals surface area contributed by atoms with Gasteiger partial charge in [-0.3, -0.25) is 4.40 Å². The highest BCUT2D eigenvalue weighted by molar-refractivity contribution is 9.10. The Hall–Kier alpha value is -1.77. The molecule has 130 valence electrons. The van der Waals surface area contributed by atoms with Crippen molar-refractivity contribution in [3.05, 3.63) is 58.5 Å². The van der Waals surface area contributed by atoms with Gasteiger partial charge in [0.05, 0.1) is 10.9 Å². The Morgan fingerprint density at radius 2 is 2.04 bits per heavy atom. The highest BCUT2D eigenvalue weighted by Gasteiger charge is 2.38. The molecule has 0 saturated carbocycles. The molecule has 0 unspecified atom stereocenters. The summed E-state index contributed by atoms with van der Waals surface area (Å²) in [5.74, 6) is 0.672. The zero-order valence-corrected chi connectivity index (χ0v) is 16.0. The summed E-state index contributed by atoms with van der Waals surface area (Å²) in [6.45, 7) is 2.38. The number of nitrogens with zero attached hydrogens (tertiary/aromatic N) is 4. The average molecular weight is 421 g/mol. The zero-order valence-electron chi connectivity index (χ0n) is 13.6. The van der Waals surface area contributed by atoms with Crippen molar-refractivity contribution in [2.75, 3.05) is 6.54 Å². The largest absolute Gasteiger partial charge is 0.285 e. The standard InChI is InChI=1S/C17H17BrN4O2S/c1-12-11-13(7-8-14(12)18)25(23,24)22-10-4-5-15(22)17-20-19-16-6-2-3-9-21(16)17/h2-3,6-9,11,15H,4-5,10H2,1H3/t15-/m0/s1. The van der Waals surface area contributed by atoms with Crippen molar-refractivity contribution < 1.29 is 8.42 Å². The molecule has 0 bridgehead atoms. The van der Waals surface area contributed by atoms with Gasteiger partial charge >= 0.3 is 0 Å². The number of aryl methyl sites for hydroxylation is 1. The number of pyridine rings is 1. The minimum absolute atomic E-state index is 0.300. The maximum absolute atomic E-state index is 13.2. The highest BCUT2D eigenvalue weighted by atomic mass is 79.9. The van der Waals surface area contributed by atoms with Crippen molar-refractivity contribution in [1.82, 2.24) is 18.9 Å². The van der Waals surface area contributed by atoms with E-state index in [0.29, 0.717) is 17.3 Å². The fraction of sp³-hybridized carbons (Fsp3) is 0.294. The van der Waals surface area contributed by atoms with Gasteiger partial charge in [-0.05, 0) is 55.7 Å². The van der Waals surface area contributed by atoms with Crippen LogP contribution in [0, 0.1) is 6.92 Å². The number of halogens is 1. The normalized spacial score (nSPS) is 18.9. The van der Waals surface area contributed by atoms with E-state index in [9.17, 15) is 8.42 Å². The second-order valence-corrected chi connectivity index (χ2v) is 8.92. The van der Waals surface area contributed by atoms with Crippen LogP contribution in [0.2, 0.25) is 0 Å². The van der Waals surface area contributed by atoms with Crippen LogP contribution in [0.25, 0.3) is 5.65 Å². The van der Waals surface area contributed by atoms with E-state index >= 15 is 0 Å². The Kier molecular flexibility index (Phi) is 4.13. The molecule has 8 heteroatoms. The third-order valence-electron chi connectivity index (χ3n) is 4.58. The number of sulfonamides is 1. The summed E-state index contributed by atoms with van der Waals surface area (Å²) in [5.41, 5.74) is 1.62. The molecule has 6 nitrogen and oxygen atoms in total. The van der Waals surface area contributed by atoms with E-state index < -0.39 is 10.0 Å². The molecule has 1 fully saturated rings. The van der Waals surface area contributed by atoms with E-state index in [1.807, 2.05) is 35.7 Å². The molecule has 0 aliphatic carbocycles. The van der Waals surface area contributed by atoms with Gasteiger partial charge in [0.1, 0.15) is 0 Å². The molecule has 1 aromatic carbocycles. The van der Waals surface area contributed by atoms with Crippen molar-refractivity contribution in [3.63, 3.8) is 0 Å². The lowest BCUT2D eigenvalue weighted by Crippen LogP contribution is -2.31. The van der Waals surface area contributed by atoms with Crippen molar-refractivity contribution in [2.24, 2.45) is 0 Å². The Labute approximate surface area is 154 Å². The molecule has 25 heavy (non-hydrogen) atoms. The van der Waals surface area contributed by atoms with Gasteiger partial charge in [0, 0.05) is 17.2 Å². The maximum atomic E-state index is 13.2. The monoisotopic (exact) mass is 420 g/mol. The van der Waals surface area contributed by atoms with Crippen LogP contribution in [-0.2, 0) is 10.0 Å². The topological polar surface area (TPSA) is 67.6 Å². The van der Waals surface area contributed by atoms with Gasteiger partial charge in [-0.25, -0.2) is 8.42 Å². The minimum atomic E-state index is -3.59. The first-order valence-electron chi connectivity index (χ1n) is 8.06. The Morgan fingerprint density at radius 3 is 2.84 bits per heavy atom. The third-order valence-corrected chi connectivity index (χ3v) is 7.37. The molecule has 3 aromatic rings. The summed E-state index contributed by atoms with van der Waals surface area (Å²) in [7, 11) is -3.59. The fourth-order valence-electron chi connectivity index (χ4n) is 3.29. The molecule has 1 atom stereocenters. The van der Waals surface area contributed by atoms with E-state index in [1.54, 1.807) is 22.5 Å². The van der Waals surface area contributed by atoms with Crippen LogP contribution in [0.3, 0.4) is 0 Å². The van der Waals surface area contributed by atoms with Crippen molar-refractivity contribution in [1.29, 1.82) is 0 Å². The first kappa shape index (κ1) is 16.7. The Balaban J connectivity index is 1.77. The first-order chi connectivity index (χ1) is 12.0. The predicted molar refractivity (Wildman–Crippen MR) is 97.7 cm³/mol. The number of benzene rings is 1. The van der Waals surface area contributed by atoms with Crippen LogP contribution >= 0.6 is 15.9 Å². The van der Waals surface area contributed by atoms with Crippen LogP contribution in [0.5, 0.6) is 0 Å². The summed E-state index contributed by atoms with van der Waals surface area (Å²) in [6.07, 6.45) is 3.42. The average Bonchev–Trinajstić information content (AvgIpc) is 3.23. The van der Waals surface area contributed by atoms with Gasteiger partial charge in [0.25, 0.3) is 0 Å². The summed E-state index contributed by atoms with van der Waals surface area (Å²) in [4.78, 5) is 0.314. The lowest BCUT2D eigenvalue weighted by atomic mass is 10.2. The molecule has 0 amide bonds. The summed E-state index contributed by atoms with van der Waals surface area (Å²) in [5, 5.41) is 8.43. The minimum Gasteiger partial charge on any atom is -0.285 e. The molecule has 0 N–H and O–H groups in total. The number of aromatic nitrogens is 3. The fourth-order valence-corrected chi connectivity index (χ4v) is 5.27. The molecule has 4 rings (SSSR count). The van der Waals surface area contributed by atoms with Gasteiger partial charge in [-0.15, -0.1) is 10.2 Å². The predicted octanol–water partition coefficient (Wildman–Crippen LogP) is 3.33. The number of fused-ring (bicyclic) bond motifs is 1. The van der Waals surface area contributed by atoms with Crippen LogP contribution in [0.15, 0.2) is 52.0 Å². The van der Waals surface area contributed by atoms with E-state index in [2.05, 4.69) is 26.1 Å². The van der Waals surface area contributed by atoms with Crippen LogP contribution in [0.4, 0.5) is 0 Å². The van der Waals surface area contributed by atoms with E-state index in [-0.39, 0.29) is 6.04 Å². The lowest BCUT2D eigenvalue weighted by Gasteiger charge is -2.23. The maximum Gasteiger partial charge on any atom is 0.243 e. The molecule has 0 radical (unpaired) electrons. The van der Waals surface area contributed by atoms with Gasteiger partial charge < -0.3 is 0 Å². The van der Waals surface area contributed by atoms with Crippen LogP contribution in [0.1, 0.15) is 30.3 Å². The summed E-state index contributed by atoms with van der Waals surface area (Å²) in [6, 6.07) is 10.5. The van der Waals surface area contributed by atoms with E-state index in [1.165, 1.54) is 0 Å². The van der Waals surface area contributed by atoms with Gasteiger partial charge in [0.2, 0.25) is 10.0 Å². The molecule has 0 spiro atoms. The van der Waals surface area contributed by atoms with Crippen LogP contribution < -0.4 is 0 Å². The molecule has 2 aromatic heterocycles. The van der Waals surface area contributed by atoms with Gasteiger partial charge in [-0.2, -0.15) is 4.31 Å². The SMILES string of the molecule is Cc1cc(S(=O)(=O)N2CCC[C@H]2c2nnc3ccccn23)ccc1Br. The van der Waals surface area contributed by atoms with Crippen LogP contribution in [-0.4, -0.2) is 33.9 Å². The number of hydrogen-bond acceptors (Lipinski definition) is 4. The molecular weight excluding hydrogens is 404 g/mol. The summed E-state index contributed by atoms with van der Waals surface area (Å²) >= 11 is 3.42. The van der Waals surface area contributed by atoms with Crippen molar-refractivity contribution >= 4 is 31.6 Å². The zero-order chi connectivity index (χ0) is 17.6. The Bertz CT molecular complexity index is 1050. The second-order valence-electron chi connectivity index (χ2n) is 6.17. The Morgan fingerprint density at radius 1 is 1.20 bits per heavy atom. The first-order valence-corrected chi connectivity index (χ1v) is 10.3. The van der Waals surface area contributed by atoms with Gasteiger partial charge in [-0.1, -0.05) is 22.0 Å². The van der Waals surface area contributed by atoms with E-state index in [0.717, 1.165) is 28.5 Å². The number of rotatable bonds is 3. The summed E-state index contributed by atoms with van der Waals surface area (Å²) < 4.78 is 30.7. The molecule has 1 saturated heterocycles. The van der Waals surface area contributed by atoms with E-state index in [4.69, 9.17) is 0 Å². The van der Waals surface area contributed by atoms with Gasteiger partial charge in [0.15, 0.2) is 11.5 Å². The quantitative estimate of drug-likeness (QED) is 0.651. The molecule has 1 aliphatic rings. The lowest BCUT2D eigenvalue weighted by molar-refractivity contribution is 0.381. The smallest absolute Gasteiger partial charge is 0.243 e. The molecular formula is C17H17BrN4O2S. The number of hydrogen-bond donors (Lipinski definition) is 0. The van der Waals surface area contributed by atoms with Crippen molar-refractivity contribution in [3.8, 4) is 0 Å².